The van der Waals surface area contributed by atoms with Crippen molar-refractivity contribution in [3.8, 4) is 17.2 Å². The number of thiazole rings is 1. The van der Waals surface area contributed by atoms with Crippen molar-refractivity contribution in [2.75, 3.05) is 18.1 Å². The molecule has 2 heterocycles. The van der Waals surface area contributed by atoms with Crippen molar-refractivity contribution in [2.45, 2.75) is 26.5 Å². The Hall–Kier alpha value is -5.15. The highest BCUT2D eigenvalue weighted by Gasteiger charge is 2.48. The summed E-state index contributed by atoms with van der Waals surface area (Å²) in [6.07, 6.45) is 0. The molecule has 1 aromatic heterocycles. The minimum absolute atomic E-state index is 0.0219. The smallest absolute Gasteiger partial charge is 0.301 e. The van der Waals surface area contributed by atoms with Crippen LogP contribution in [0.3, 0.4) is 0 Å². The Bertz CT molecular complexity index is 1830. The molecule has 222 valence electrons. The third-order valence-electron chi connectivity index (χ3n) is 7.19. The molecule has 1 amide bonds. The van der Waals surface area contributed by atoms with Gasteiger partial charge in [-0.2, -0.15) is 0 Å². The van der Waals surface area contributed by atoms with E-state index in [4.69, 9.17) is 19.2 Å². The Labute approximate surface area is 258 Å². The van der Waals surface area contributed by atoms with Crippen molar-refractivity contribution in [1.82, 2.24) is 4.98 Å². The third-order valence-corrected chi connectivity index (χ3v) is 8.21. The van der Waals surface area contributed by atoms with E-state index in [-0.39, 0.29) is 11.3 Å². The van der Waals surface area contributed by atoms with Gasteiger partial charge in [0, 0.05) is 5.56 Å². The maximum Gasteiger partial charge on any atom is 0.301 e. The van der Waals surface area contributed by atoms with Crippen LogP contribution in [0, 0.1) is 0 Å². The number of rotatable bonds is 10. The minimum Gasteiger partial charge on any atom is -0.507 e. The van der Waals surface area contributed by atoms with E-state index in [9.17, 15) is 14.7 Å². The Balaban J connectivity index is 1.41. The molecule has 1 aliphatic rings. The molecular weight excluding hydrogens is 576 g/mol. The molecular formula is C35H30N2O6S. The summed E-state index contributed by atoms with van der Waals surface area (Å²) in [4.78, 5) is 33.4. The molecule has 4 aromatic carbocycles. The topological polar surface area (TPSA) is 98.2 Å². The van der Waals surface area contributed by atoms with Gasteiger partial charge in [-0.3, -0.25) is 14.5 Å². The van der Waals surface area contributed by atoms with Crippen LogP contribution >= 0.6 is 11.3 Å². The first kappa shape index (κ1) is 28.9. The number of hydrogen-bond donors (Lipinski definition) is 1. The maximum absolute atomic E-state index is 13.7. The third kappa shape index (κ3) is 5.74. The number of anilines is 1. The van der Waals surface area contributed by atoms with Gasteiger partial charge in [0.25, 0.3) is 5.78 Å². The van der Waals surface area contributed by atoms with Gasteiger partial charge in [-0.25, -0.2) is 4.98 Å². The molecule has 5 aromatic rings. The van der Waals surface area contributed by atoms with Gasteiger partial charge in [-0.05, 0) is 79.6 Å². The van der Waals surface area contributed by atoms with Crippen LogP contribution in [0.1, 0.15) is 36.6 Å². The van der Waals surface area contributed by atoms with Gasteiger partial charge in [-0.1, -0.05) is 53.8 Å². The van der Waals surface area contributed by atoms with Gasteiger partial charge in [0.1, 0.15) is 29.6 Å². The summed E-state index contributed by atoms with van der Waals surface area (Å²) in [6.45, 7) is 5.20. The number of ketones is 1. The van der Waals surface area contributed by atoms with E-state index in [0.29, 0.717) is 58.8 Å². The Morgan fingerprint density at radius 3 is 2.16 bits per heavy atom. The fraction of sp³-hybridized carbons (Fsp3) is 0.171. The van der Waals surface area contributed by atoms with Crippen LogP contribution in [0.4, 0.5) is 5.13 Å². The molecule has 0 bridgehead atoms. The number of benzene rings is 4. The number of Topliss-reactive ketones (excluding diaryl/α,β-unsaturated/α-hetero) is 1. The van der Waals surface area contributed by atoms with Crippen LogP contribution in [-0.4, -0.2) is 35.0 Å². The van der Waals surface area contributed by atoms with Crippen molar-refractivity contribution in [3.63, 3.8) is 0 Å². The zero-order valence-corrected chi connectivity index (χ0v) is 25.0. The Morgan fingerprint density at radius 1 is 0.818 bits per heavy atom. The molecule has 1 saturated heterocycles. The van der Waals surface area contributed by atoms with Crippen molar-refractivity contribution in [2.24, 2.45) is 0 Å². The first-order valence-electron chi connectivity index (χ1n) is 14.3. The molecule has 0 spiro atoms. The number of fused-ring (bicyclic) bond motifs is 1. The minimum atomic E-state index is -0.920. The van der Waals surface area contributed by atoms with Gasteiger partial charge >= 0.3 is 5.91 Å². The van der Waals surface area contributed by atoms with Crippen molar-refractivity contribution in [3.05, 3.63) is 119 Å². The quantitative estimate of drug-likeness (QED) is 0.101. The molecule has 0 saturated carbocycles. The largest absolute Gasteiger partial charge is 0.507 e. The summed E-state index contributed by atoms with van der Waals surface area (Å²) in [7, 11) is 0. The van der Waals surface area contributed by atoms with Crippen molar-refractivity contribution < 1.29 is 28.9 Å². The predicted molar refractivity (Wildman–Crippen MR) is 170 cm³/mol. The van der Waals surface area contributed by atoms with Crippen LogP contribution in [0.25, 0.3) is 16.0 Å². The maximum atomic E-state index is 13.7. The Kier molecular flexibility index (Phi) is 8.29. The van der Waals surface area contributed by atoms with Gasteiger partial charge in [0.2, 0.25) is 0 Å². The monoisotopic (exact) mass is 606 g/mol. The summed E-state index contributed by atoms with van der Waals surface area (Å²) in [5, 5.41) is 11.9. The van der Waals surface area contributed by atoms with Crippen LogP contribution in [0.2, 0.25) is 0 Å². The first-order chi connectivity index (χ1) is 21.5. The Morgan fingerprint density at radius 2 is 1.45 bits per heavy atom. The van der Waals surface area contributed by atoms with E-state index >= 15 is 0 Å². The van der Waals surface area contributed by atoms with Crippen molar-refractivity contribution in [1.29, 1.82) is 0 Å². The average Bonchev–Trinajstić information content (AvgIpc) is 3.58. The second kappa shape index (κ2) is 12.6. The van der Waals surface area contributed by atoms with Crippen LogP contribution < -0.4 is 19.1 Å². The average molecular weight is 607 g/mol. The second-order valence-electron chi connectivity index (χ2n) is 10.0. The summed E-state index contributed by atoms with van der Waals surface area (Å²) in [5.74, 6) is 0.118. The second-order valence-corrected chi connectivity index (χ2v) is 11.0. The van der Waals surface area contributed by atoms with Crippen LogP contribution in [-0.2, 0) is 16.2 Å². The molecule has 1 atom stereocenters. The molecule has 1 N–H and O–H groups in total. The summed E-state index contributed by atoms with van der Waals surface area (Å²) in [5.41, 5.74) is 2.70. The number of hydrogen-bond acceptors (Lipinski definition) is 8. The van der Waals surface area contributed by atoms with Crippen LogP contribution in [0.15, 0.2) is 103 Å². The lowest BCUT2D eigenvalue weighted by Gasteiger charge is -2.23. The molecule has 1 aliphatic heterocycles. The number of carbonyl (C=O) groups is 2. The fourth-order valence-corrected chi connectivity index (χ4v) is 6.14. The van der Waals surface area contributed by atoms with E-state index in [1.807, 2.05) is 62.4 Å². The zero-order valence-electron chi connectivity index (χ0n) is 24.2. The molecule has 9 heteroatoms. The van der Waals surface area contributed by atoms with Gasteiger partial charge in [-0.15, -0.1) is 0 Å². The lowest BCUT2D eigenvalue weighted by molar-refractivity contribution is -0.132. The molecule has 0 radical (unpaired) electrons. The van der Waals surface area contributed by atoms with E-state index in [1.165, 1.54) is 16.2 Å². The molecule has 0 aliphatic carbocycles. The summed E-state index contributed by atoms with van der Waals surface area (Å²) >= 11 is 1.28. The van der Waals surface area contributed by atoms with Crippen molar-refractivity contribution >= 4 is 44.1 Å². The lowest BCUT2D eigenvalue weighted by Crippen LogP contribution is -2.29. The zero-order chi connectivity index (χ0) is 30.6. The number of amides is 1. The highest BCUT2D eigenvalue weighted by molar-refractivity contribution is 7.22. The predicted octanol–water partition coefficient (Wildman–Crippen LogP) is 7.30. The highest BCUT2D eigenvalue weighted by atomic mass is 32.1. The number of aromatic nitrogens is 1. The molecule has 1 fully saturated rings. The van der Waals surface area contributed by atoms with Gasteiger partial charge in [0.15, 0.2) is 5.13 Å². The molecule has 44 heavy (non-hydrogen) atoms. The number of aliphatic hydroxyl groups is 1. The van der Waals surface area contributed by atoms with E-state index in [2.05, 4.69) is 0 Å². The lowest BCUT2D eigenvalue weighted by atomic mass is 9.95. The van der Waals surface area contributed by atoms with E-state index in [0.717, 1.165) is 10.3 Å². The summed E-state index contributed by atoms with van der Waals surface area (Å²) < 4.78 is 17.9. The van der Waals surface area contributed by atoms with E-state index < -0.39 is 17.7 Å². The molecule has 6 rings (SSSR count). The standard InChI is InChI=1S/C35H30N2O6S/c1-3-41-25-16-12-24(13-17-25)32(38)30-31(23-10-14-26(15-11-23)43-21-22-8-6-5-7-9-22)37(34(40)33(30)39)35-36-28-19-18-27(42-4-2)20-29(28)44-35/h5-20,31,38H,3-4,21H2,1-2H3. The van der Waals surface area contributed by atoms with Gasteiger partial charge in [0.05, 0.1) is 35.0 Å². The number of ether oxygens (including phenoxy) is 3. The highest BCUT2D eigenvalue weighted by Crippen LogP contribution is 2.45. The molecule has 8 nitrogen and oxygen atoms in total. The summed E-state index contributed by atoms with van der Waals surface area (Å²) in [6, 6.07) is 28.4. The molecule has 1 unspecified atom stereocenters. The SMILES string of the molecule is CCOc1ccc(C(O)=C2C(=O)C(=O)N(c3nc4ccc(OCC)cc4s3)C2c2ccc(OCc3ccccc3)cc2)cc1. The van der Waals surface area contributed by atoms with Crippen LogP contribution in [0.5, 0.6) is 17.2 Å². The number of nitrogens with zero attached hydrogens (tertiary/aromatic N) is 2. The fourth-order valence-electron chi connectivity index (χ4n) is 5.12. The normalized spacial score (nSPS) is 16.0. The number of carbonyl (C=O) groups excluding carboxylic acids is 2. The number of aliphatic hydroxyl groups excluding tert-OH is 1. The van der Waals surface area contributed by atoms with Gasteiger partial charge < -0.3 is 19.3 Å². The van der Waals surface area contributed by atoms with E-state index in [1.54, 1.807) is 48.5 Å². The first-order valence-corrected chi connectivity index (χ1v) is 15.1.